The van der Waals surface area contributed by atoms with Gasteiger partial charge in [-0.2, -0.15) is 0 Å². The van der Waals surface area contributed by atoms with Gasteiger partial charge >= 0.3 is 6.03 Å². The maximum atomic E-state index is 12.5. The summed E-state index contributed by atoms with van der Waals surface area (Å²) in [5.41, 5.74) is 1.93. The number of urea groups is 1. The van der Waals surface area contributed by atoms with Crippen molar-refractivity contribution in [3.8, 4) is 11.5 Å². The van der Waals surface area contributed by atoms with E-state index < -0.39 is 0 Å². The van der Waals surface area contributed by atoms with E-state index in [1.54, 1.807) is 32.4 Å². The van der Waals surface area contributed by atoms with Gasteiger partial charge in [0.15, 0.2) is 0 Å². The Morgan fingerprint density at radius 2 is 1.88 bits per heavy atom. The highest BCUT2D eigenvalue weighted by Crippen LogP contribution is 2.27. The van der Waals surface area contributed by atoms with Crippen molar-refractivity contribution in [1.82, 2.24) is 9.88 Å². The standard InChI is InChI=1S/C19H23N3O3/c1-24-17-10-16(11-18(12-17)25-2)21-19(23)22-8-5-15(13-22)9-14-3-6-20-7-4-14/h3-4,6-7,10-12,15H,5,8-9,13H2,1-2H3,(H,21,23). The van der Waals surface area contributed by atoms with Crippen molar-refractivity contribution in [2.45, 2.75) is 12.8 Å². The number of pyridine rings is 1. The minimum Gasteiger partial charge on any atom is -0.497 e. The summed E-state index contributed by atoms with van der Waals surface area (Å²) in [5.74, 6) is 1.77. The highest BCUT2D eigenvalue weighted by atomic mass is 16.5. The average Bonchev–Trinajstić information content (AvgIpc) is 3.10. The summed E-state index contributed by atoms with van der Waals surface area (Å²) in [6, 6.07) is 9.32. The lowest BCUT2D eigenvalue weighted by molar-refractivity contribution is 0.221. The van der Waals surface area contributed by atoms with Gasteiger partial charge in [0.25, 0.3) is 0 Å². The molecule has 0 spiro atoms. The predicted octanol–water partition coefficient (Wildman–Crippen LogP) is 3.20. The number of rotatable bonds is 5. The van der Waals surface area contributed by atoms with E-state index in [2.05, 4.69) is 10.3 Å². The topological polar surface area (TPSA) is 63.7 Å². The van der Waals surface area contributed by atoms with Crippen LogP contribution in [0.15, 0.2) is 42.7 Å². The third-order valence-corrected chi connectivity index (χ3v) is 4.45. The van der Waals surface area contributed by atoms with E-state index in [1.165, 1.54) is 5.56 Å². The number of nitrogens with zero attached hydrogens (tertiary/aromatic N) is 2. The van der Waals surface area contributed by atoms with E-state index in [0.29, 0.717) is 23.1 Å². The first-order valence-corrected chi connectivity index (χ1v) is 8.36. The minimum absolute atomic E-state index is 0.0902. The number of ether oxygens (including phenoxy) is 2. The van der Waals surface area contributed by atoms with Gasteiger partial charge in [-0.05, 0) is 36.5 Å². The fraction of sp³-hybridized carbons (Fsp3) is 0.368. The number of benzene rings is 1. The highest BCUT2D eigenvalue weighted by Gasteiger charge is 2.26. The van der Waals surface area contributed by atoms with Gasteiger partial charge in [0.05, 0.1) is 14.2 Å². The van der Waals surface area contributed by atoms with Crippen LogP contribution in [-0.2, 0) is 6.42 Å². The molecule has 25 heavy (non-hydrogen) atoms. The van der Waals surface area contributed by atoms with Crippen molar-refractivity contribution in [3.63, 3.8) is 0 Å². The van der Waals surface area contributed by atoms with Gasteiger partial charge in [-0.3, -0.25) is 4.98 Å². The highest BCUT2D eigenvalue weighted by molar-refractivity contribution is 5.90. The molecule has 1 fully saturated rings. The molecule has 0 aliphatic carbocycles. The number of carbonyl (C=O) groups excluding carboxylic acids is 1. The third-order valence-electron chi connectivity index (χ3n) is 4.45. The Bertz CT molecular complexity index is 699. The van der Waals surface area contributed by atoms with E-state index >= 15 is 0 Å². The van der Waals surface area contributed by atoms with Crippen LogP contribution >= 0.6 is 0 Å². The smallest absolute Gasteiger partial charge is 0.321 e. The van der Waals surface area contributed by atoms with Gasteiger partial charge in [0.2, 0.25) is 0 Å². The van der Waals surface area contributed by atoms with Gasteiger partial charge in [-0.25, -0.2) is 4.79 Å². The Morgan fingerprint density at radius 3 is 2.52 bits per heavy atom. The molecule has 2 amide bonds. The zero-order chi connectivity index (χ0) is 17.6. The van der Waals surface area contributed by atoms with E-state index in [1.807, 2.05) is 29.4 Å². The number of aromatic nitrogens is 1. The molecule has 2 aromatic rings. The second-order valence-corrected chi connectivity index (χ2v) is 6.19. The van der Waals surface area contributed by atoms with Crippen LogP contribution in [0, 0.1) is 5.92 Å². The van der Waals surface area contributed by atoms with E-state index in [9.17, 15) is 4.79 Å². The predicted molar refractivity (Wildman–Crippen MR) is 96.2 cm³/mol. The molecule has 1 aromatic heterocycles. The Labute approximate surface area is 147 Å². The quantitative estimate of drug-likeness (QED) is 0.907. The molecule has 1 unspecified atom stereocenters. The summed E-state index contributed by atoms with van der Waals surface area (Å²) < 4.78 is 10.5. The summed E-state index contributed by atoms with van der Waals surface area (Å²) in [5, 5.41) is 2.93. The van der Waals surface area contributed by atoms with Gasteiger partial charge < -0.3 is 19.7 Å². The number of amides is 2. The molecule has 2 heterocycles. The van der Waals surface area contributed by atoms with Crippen LogP contribution in [-0.4, -0.2) is 43.2 Å². The Morgan fingerprint density at radius 1 is 1.20 bits per heavy atom. The largest absolute Gasteiger partial charge is 0.497 e. The number of nitrogens with one attached hydrogen (secondary N) is 1. The zero-order valence-corrected chi connectivity index (χ0v) is 14.6. The Hall–Kier alpha value is -2.76. The molecule has 6 heteroatoms. The molecule has 1 N–H and O–H groups in total. The van der Waals surface area contributed by atoms with E-state index in [-0.39, 0.29) is 6.03 Å². The Kier molecular flexibility index (Phi) is 5.38. The zero-order valence-electron chi connectivity index (χ0n) is 14.6. The summed E-state index contributed by atoms with van der Waals surface area (Å²) in [6.45, 7) is 1.53. The summed E-state index contributed by atoms with van der Waals surface area (Å²) in [7, 11) is 3.18. The second kappa shape index (κ2) is 7.88. The van der Waals surface area contributed by atoms with Gasteiger partial charge in [-0.15, -0.1) is 0 Å². The van der Waals surface area contributed by atoms with Crippen molar-refractivity contribution in [2.24, 2.45) is 5.92 Å². The second-order valence-electron chi connectivity index (χ2n) is 6.19. The summed E-state index contributed by atoms with van der Waals surface area (Å²) in [6.07, 6.45) is 5.60. The number of methoxy groups -OCH3 is 2. The molecular weight excluding hydrogens is 318 g/mol. The van der Waals surface area contributed by atoms with Gasteiger partial charge in [0.1, 0.15) is 11.5 Å². The maximum absolute atomic E-state index is 12.5. The van der Waals surface area contributed by atoms with Crippen molar-refractivity contribution in [1.29, 1.82) is 0 Å². The van der Waals surface area contributed by atoms with Crippen LogP contribution in [0.5, 0.6) is 11.5 Å². The van der Waals surface area contributed by atoms with Crippen molar-refractivity contribution in [3.05, 3.63) is 48.3 Å². The SMILES string of the molecule is COc1cc(NC(=O)N2CCC(Cc3ccncc3)C2)cc(OC)c1. The summed E-state index contributed by atoms with van der Waals surface area (Å²) >= 11 is 0. The third kappa shape index (κ3) is 4.41. The average molecular weight is 341 g/mol. The Balaban J connectivity index is 1.59. The van der Waals surface area contributed by atoms with Gasteiger partial charge in [0, 0.05) is 49.4 Å². The fourth-order valence-corrected chi connectivity index (χ4v) is 3.12. The van der Waals surface area contributed by atoms with E-state index in [0.717, 1.165) is 25.9 Å². The summed E-state index contributed by atoms with van der Waals surface area (Å²) in [4.78, 5) is 18.4. The fourth-order valence-electron chi connectivity index (χ4n) is 3.12. The lowest BCUT2D eigenvalue weighted by atomic mass is 10.00. The first-order chi connectivity index (χ1) is 12.2. The molecule has 1 aliphatic rings. The van der Waals surface area contributed by atoms with Crippen molar-refractivity contribution < 1.29 is 14.3 Å². The molecule has 1 atom stereocenters. The maximum Gasteiger partial charge on any atom is 0.321 e. The van der Waals surface area contributed by atoms with Crippen LogP contribution in [0.3, 0.4) is 0 Å². The number of hydrogen-bond donors (Lipinski definition) is 1. The molecule has 1 aliphatic heterocycles. The normalized spacial score (nSPS) is 16.6. The lowest BCUT2D eigenvalue weighted by Crippen LogP contribution is -2.33. The van der Waals surface area contributed by atoms with Gasteiger partial charge in [-0.1, -0.05) is 0 Å². The molecule has 6 nitrogen and oxygen atoms in total. The number of carbonyl (C=O) groups is 1. The van der Waals surface area contributed by atoms with Crippen LogP contribution < -0.4 is 14.8 Å². The van der Waals surface area contributed by atoms with Crippen LogP contribution in [0.2, 0.25) is 0 Å². The molecule has 1 saturated heterocycles. The molecular formula is C19H23N3O3. The number of anilines is 1. The monoisotopic (exact) mass is 341 g/mol. The van der Waals surface area contributed by atoms with E-state index in [4.69, 9.17) is 9.47 Å². The molecule has 0 radical (unpaired) electrons. The number of hydrogen-bond acceptors (Lipinski definition) is 4. The van der Waals surface area contributed by atoms with Crippen molar-refractivity contribution in [2.75, 3.05) is 32.6 Å². The van der Waals surface area contributed by atoms with Crippen molar-refractivity contribution >= 4 is 11.7 Å². The first kappa shape index (κ1) is 17.1. The number of likely N-dealkylation sites (tertiary alicyclic amines) is 1. The molecule has 1 aromatic carbocycles. The van der Waals surface area contributed by atoms with Crippen LogP contribution in [0.25, 0.3) is 0 Å². The molecule has 0 saturated carbocycles. The molecule has 3 rings (SSSR count). The first-order valence-electron chi connectivity index (χ1n) is 8.36. The lowest BCUT2D eigenvalue weighted by Gasteiger charge is -2.18. The molecule has 0 bridgehead atoms. The van der Waals surface area contributed by atoms with Crippen LogP contribution in [0.4, 0.5) is 10.5 Å². The minimum atomic E-state index is -0.0902. The van der Waals surface area contributed by atoms with Crippen LogP contribution in [0.1, 0.15) is 12.0 Å². The molecule has 132 valence electrons.